The lowest BCUT2D eigenvalue weighted by molar-refractivity contribution is -0.360. The Morgan fingerprint density at radius 2 is 1.47 bits per heavy atom. The summed E-state index contributed by atoms with van der Waals surface area (Å²) in [6.07, 6.45) is -10.5. The van der Waals surface area contributed by atoms with Crippen LogP contribution >= 0.6 is 0 Å². The number of hydrogen-bond donors (Lipinski definition) is 1. The summed E-state index contributed by atoms with van der Waals surface area (Å²) >= 11 is 0. The highest BCUT2D eigenvalue weighted by atomic mass is 19.4. The van der Waals surface area contributed by atoms with Crippen molar-refractivity contribution in [3.63, 3.8) is 0 Å². The molecule has 3 rings (SSSR count). The van der Waals surface area contributed by atoms with Gasteiger partial charge in [0.05, 0.1) is 6.10 Å². The van der Waals surface area contributed by atoms with Crippen LogP contribution in [0.15, 0.2) is 72.8 Å². The maximum Gasteiger partial charge on any atom is 0.499 e. The van der Waals surface area contributed by atoms with Crippen molar-refractivity contribution in [2.45, 2.75) is 64.5 Å². The van der Waals surface area contributed by atoms with E-state index >= 15 is 0 Å². The molecular weight excluding hydrogens is 505 g/mol. The van der Waals surface area contributed by atoms with Crippen LogP contribution in [0.4, 0.5) is 27.6 Å². The third kappa shape index (κ3) is 8.08. The summed E-state index contributed by atoms with van der Waals surface area (Å²) in [5.41, 5.74) is 2.24. The summed E-state index contributed by atoms with van der Waals surface area (Å²) in [5.74, 6) is 0.943. The zero-order chi connectivity index (χ0) is 27.9. The summed E-state index contributed by atoms with van der Waals surface area (Å²) in [5, 5.41) is 10.5. The molecule has 206 valence electrons. The van der Waals surface area contributed by atoms with E-state index in [-0.39, 0.29) is 13.1 Å². The van der Waals surface area contributed by atoms with Gasteiger partial charge in [-0.25, -0.2) is 0 Å². The summed E-state index contributed by atoms with van der Waals surface area (Å²) < 4.78 is 74.7. The van der Waals surface area contributed by atoms with Gasteiger partial charge in [-0.2, -0.15) is 22.0 Å². The first-order valence-electron chi connectivity index (χ1n) is 12.4. The van der Waals surface area contributed by atoms with E-state index in [0.29, 0.717) is 35.1 Å². The Bertz CT molecular complexity index is 1180. The van der Waals surface area contributed by atoms with Gasteiger partial charge in [-0.15, -0.1) is 0 Å². The minimum Gasteiger partial charge on any atom is -0.457 e. The zero-order valence-electron chi connectivity index (χ0n) is 21.5. The molecule has 0 heterocycles. The summed E-state index contributed by atoms with van der Waals surface area (Å²) in [6.45, 7) is 6.45. The van der Waals surface area contributed by atoms with Gasteiger partial charge < -0.3 is 19.5 Å². The number of aliphatic hydroxyl groups is 1. The number of rotatable bonds is 12. The lowest BCUT2D eigenvalue weighted by Gasteiger charge is -2.28. The Morgan fingerprint density at radius 3 is 2.13 bits per heavy atom. The Kier molecular flexibility index (Phi) is 9.60. The quantitative estimate of drug-likeness (QED) is 0.236. The highest BCUT2D eigenvalue weighted by Crippen LogP contribution is 2.37. The van der Waals surface area contributed by atoms with Gasteiger partial charge in [-0.1, -0.05) is 57.5 Å². The molecule has 0 bridgehead atoms. The fourth-order valence-electron chi connectivity index (χ4n) is 3.89. The highest BCUT2D eigenvalue weighted by Gasteiger charge is 2.61. The van der Waals surface area contributed by atoms with E-state index in [1.807, 2.05) is 42.2 Å². The van der Waals surface area contributed by atoms with Gasteiger partial charge in [0.25, 0.3) is 0 Å². The van der Waals surface area contributed by atoms with Crippen molar-refractivity contribution in [1.82, 2.24) is 0 Å². The molecule has 4 nitrogen and oxygen atoms in total. The van der Waals surface area contributed by atoms with Gasteiger partial charge >= 0.3 is 12.3 Å². The molecule has 9 heteroatoms. The molecule has 0 aliphatic rings. The van der Waals surface area contributed by atoms with Crippen LogP contribution in [0.3, 0.4) is 0 Å². The fourth-order valence-corrected chi connectivity index (χ4v) is 3.89. The molecule has 38 heavy (non-hydrogen) atoms. The molecule has 0 spiro atoms. The lowest BCUT2D eigenvalue weighted by atomic mass is 10.0. The van der Waals surface area contributed by atoms with E-state index in [0.717, 1.165) is 24.1 Å². The minimum atomic E-state index is -5.84. The Labute approximate surface area is 219 Å². The molecule has 0 saturated carbocycles. The van der Waals surface area contributed by atoms with Gasteiger partial charge in [0.15, 0.2) is 0 Å². The van der Waals surface area contributed by atoms with Crippen molar-refractivity contribution in [3.05, 3.63) is 83.9 Å². The van der Waals surface area contributed by atoms with Crippen LogP contribution in [0.5, 0.6) is 17.2 Å². The SMILES string of the molecule is CCCC(O)CN(Cc1cccc(OC(F)(F)C(F)(F)F)c1)c1cccc(Oc2cccc(C(C)C)c2)c1. The number of halogens is 5. The van der Waals surface area contributed by atoms with Gasteiger partial charge in [0, 0.05) is 24.8 Å². The molecule has 1 unspecified atom stereocenters. The number of aliphatic hydroxyl groups excluding tert-OH is 1. The molecule has 0 radical (unpaired) electrons. The van der Waals surface area contributed by atoms with E-state index < -0.39 is 24.1 Å². The number of ether oxygens (including phenoxy) is 2. The molecular formula is C29H32F5NO3. The molecule has 0 amide bonds. The van der Waals surface area contributed by atoms with Crippen LogP contribution in [0, 0.1) is 0 Å². The topological polar surface area (TPSA) is 41.9 Å². The predicted molar refractivity (Wildman–Crippen MR) is 137 cm³/mol. The summed E-state index contributed by atoms with van der Waals surface area (Å²) in [7, 11) is 0. The second-order valence-electron chi connectivity index (χ2n) is 9.41. The highest BCUT2D eigenvalue weighted by molar-refractivity contribution is 5.52. The third-order valence-corrected chi connectivity index (χ3v) is 5.84. The van der Waals surface area contributed by atoms with Crippen molar-refractivity contribution in [2.24, 2.45) is 0 Å². The van der Waals surface area contributed by atoms with Crippen LogP contribution in [-0.2, 0) is 6.54 Å². The Morgan fingerprint density at radius 1 is 0.842 bits per heavy atom. The molecule has 0 saturated heterocycles. The van der Waals surface area contributed by atoms with Gasteiger partial charge in [0.2, 0.25) is 0 Å². The second kappa shape index (κ2) is 12.5. The van der Waals surface area contributed by atoms with Gasteiger partial charge in [-0.05, 0) is 59.9 Å². The van der Waals surface area contributed by atoms with Gasteiger partial charge in [0.1, 0.15) is 17.2 Å². The molecule has 3 aromatic carbocycles. The fraction of sp³-hybridized carbons (Fsp3) is 0.379. The third-order valence-electron chi connectivity index (χ3n) is 5.84. The minimum absolute atomic E-state index is 0.127. The molecule has 0 fully saturated rings. The first-order valence-corrected chi connectivity index (χ1v) is 12.4. The first kappa shape index (κ1) is 29.2. The average molecular weight is 538 g/mol. The molecule has 0 aliphatic heterocycles. The number of nitrogens with zero attached hydrogens (tertiary/aromatic N) is 1. The van der Waals surface area contributed by atoms with Crippen molar-refractivity contribution in [3.8, 4) is 17.2 Å². The van der Waals surface area contributed by atoms with Crippen molar-refractivity contribution in [1.29, 1.82) is 0 Å². The van der Waals surface area contributed by atoms with Gasteiger partial charge in [-0.3, -0.25) is 0 Å². The Balaban J connectivity index is 1.86. The number of hydrogen-bond acceptors (Lipinski definition) is 4. The normalized spacial score (nSPS) is 12.9. The average Bonchev–Trinajstić information content (AvgIpc) is 2.83. The van der Waals surface area contributed by atoms with Crippen molar-refractivity contribution >= 4 is 5.69 Å². The predicted octanol–water partition coefficient (Wildman–Crippen LogP) is 8.30. The largest absolute Gasteiger partial charge is 0.499 e. The number of anilines is 1. The smallest absolute Gasteiger partial charge is 0.457 e. The summed E-state index contributed by atoms with van der Waals surface area (Å²) in [6, 6.07) is 20.1. The van der Waals surface area contributed by atoms with Crippen LogP contribution in [0.1, 0.15) is 50.7 Å². The van der Waals surface area contributed by atoms with Crippen molar-refractivity contribution in [2.75, 3.05) is 11.4 Å². The van der Waals surface area contributed by atoms with Crippen LogP contribution < -0.4 is 14.4 Å². The molecule has 1 atom stereocenters. The molecule has 0 aromatic heterocycles. The zero-order valence-corrected chi connectivity index (χ0v) is 21.5. The van der Waals surface area contributed by atoms with E-state index in [1.54, 1.807) is 24.3 Å². The van der Waals surface area contributed by atoms with E-state index in [4.69, 9.17) is 4.74 Å². The van der Waals surface area contributed by atoms with Crippen molar-refractivity contribution < 1.29 is 36.5 Å². The van der Waals surface area contributed by atoms with E-state index in [9.17, 15) is 27.1 Å². The van der Waals surface area contributed by atoms with Crippen LogP contribution in [0.2, 0.25) is 0 Å². The van der Waals surface area contributed by atoms with E-state index in [1.165, 1.54) is 6.07 Å². The molecule has 3 aromatic rings. The maximum absolute atomic E-state index is 13.4. The summed E-state index contributed by atoms with van der Waals surface area (Å²) in [4.78, 5) is 1.82. The molecule has 1 N–H and O–H groups in total. The molecule has 0 aliphatic carbocycles. The standard InChI is InChI=1S/C29H32F5NO3/c1-4-8-24(36)19-35(18-21-9-5-14-27(15-21)38-29(33,34)28(30,31)32)23-11-7-13-26(17-23)37-25-12-6-10-22(16-25)20(2)3/h5-7,9-17,20,24,36H,4,8,18-19H2,1-3H3. The number of alkyl halides is 5. The van der Waals surface area contributed by atoms with Crippen LogP contribution in [0.25, 0.3) is 0 Å². The maximum atomic E-state index is 13.4. The van der Waals surface area contributed by atoms with Crippen LogP contribution in [-0.4, -0.2) is 30.0 Å². The lowest BCUT2D eigenvalue weighted by Crippen LogP contribution is -2.41. The second-order valence-corrected chi connectivity index (χ2v) is 9.41. The Hall–Kier alpha value is -3.33. The number of benzene rings is 3. The first-order chi connectivity index (χ1) is 17.9. The monoisotopic (exact) mass is 537 g/mol. The van der Waals surface area contributed by atoms with E-state index in [2.05, 4.69) is 18.6 Å².